The molecule has 1 atom stereocenters. The van der Waals surface area contributed by atoms with E-state index in [1.807, 2.05) is 18.2 Å². The van der Waals surface area contributed by atoms with E-state index in [9.17, 15) is 5.11 Å². The monoisotopic (exact) mass is 299 g/mol. The first-order valence-corrected chi connectivity index (χ1v) is 7.78. The first kappa shape index (κ1) is 16.7. The summed E-state index contributed by atoms with van der Waals surface area (Å²) in [6, 6.07) is 19.0. The molecule has 0 aliphatic heterocycles. The highest BCUT2D eigenvalue weighted by molar-refractivity contribution is 5.63. The first-order chi connectivity index (χ1) is 10.6. The molecule has 3 nitrogen and oxygen atoms in total. The SMILES string of the molecule is CC(C)NCC(O)COCc1ccc(-c2ccccc2)cc1. The molecule has 0 heterocycles. The maximum absolute atomic E-state index is 9.78. The molecule has 2 rings (SSSR count). The van der Waals surface area contributed by atoms with E-state index >= 15 is 0 Å². The second-order valence-corrected chi connectivity index (χ2v) is 5.79. The standard InChI is InChI=1S/C19H25NO2/c1-15(2)20-12-19(21)14-22-13-16-8-10-18(11-9-16)17-6-4-3-5-7-17/h3-11,15,19-21H,12-14H2,1-2H3. The Labute approximate surface area is 133 Å². The summed E-state index contributed by atoms with van der Waals surface area (Å²) in [5.74, 6) is 0. The lowest BCUT2D eigenvalue weighted by atomic mass is 10.0. The number of rotatable bonds is 8. The van der Waals surface area contributed by atoms with Crippen molar-refractivity contribution in [2.24, 2.45) is 0 Å². The van der Waals surface area contributed by atoms with Crippen molar-refractivity contribution in [1.82, 2.24) is 5.32 Å². The van der Waals surface area contributed by atoms with Crippen molar-refractivity contribution < 1.29 is 9.84 Å². The van der Waals surface area contributed by atoms with E-state index in [1.165, 1.54) is 11.1 Å². The lowest BCUT2D eigenvalue weighted by molar-refractivity contribution is 0.0281. The third-order valence-electron chi connectivity index (χ3n) is 3.40. The van der Waals surface area contributed by atoms with E-state index in [0.717, 1.165) is 5.56 Å². The molecule has 0 saturated carbocycles. The molecule has 3 heteroatoms. The molecule has 0 spiro atoms. The molecule has 2 aromatic carbocycles. The van der Waals surface area contributed by atoms with Crippen molar-refractivity contribution in [3.8, 4) is 11.1 Å². The van der Waals surface area contributed by atoms with Gasteiger partial charge in [0.15, 0.2) is 0 Å². The highest BCUT2D eigenvalue weighted by Crippen LogP contribution is 2.19. The molecule has 0 aromatic heterocycles. The minimum atomic E-state index is -0.467. The fourth-order valence-electron chi connectivity index (χ4n) is 2.17. The summed E-state index contributed by atoms with van der Waals surface area (Å²) in [6.07, 6.45) is -0.467. The third kappa shape index (κ3) is 5.60. The van der Waals surface area contributed by atoms with Crippen molar-refractivity contribution in [3.63, 3.8) is 0 Å². The summed E-state index contributed by atoms with van der Waals surface area (Å²) in [5.41, 5.74) is 3.53. The van der Waals surface area contributed by atoms with E-state index in [0.29, 0.717) is 25.8 Å². The largest absolute Gasteiger partial charge is 0.389 e. The quantitative estimate of drug-likeness (QED) is 0.786. The van der Waals surface area contributed by atoms with Gasteiger partial charge in [0.25, 0.3) is 0 Å². The molecular formula is C19H25NO2. The number of hydrogen-bond donors (Lipinski definition) is 2. The van der Waals surface area contributed by atoms with Crippen LogP contribution in [0.3, 0.4) is 0 Å². The Bertz CT molecular complexity index is 537. The number of ether oxygens (including phenoxy) is 1. The maximum atomic E-state index is 9.78. The van der Waals surface area contributed by atoms with Crippen LogP contribution in [0.1, 0.15) is 19.4 Å². The van der Waals surface area contributed by atoms with Crippen molar-refractivity contribution in [1.29, 1.82) is 0 Å². The molecule has 1 unspecified atom stereocenters. The molecule has 22 heavy (non-hydrogen) atoms. The van der Waals surface area contributed by atoms with Gasteiger partial charge in [-0.2, -0.15) is 0 Å². The van der Waals surface area contributed by atoms with E-state index in [-0.39, 0.29) is 0 Å². The molecular weight excluding hydrogens is 274 g/mol. The van der Waals surface area contributed by atoms with Gasteiger partial charge in [0.2, 0.25) is 0 Å². The van der Waals surface area contributed by atoms with Gasteiger partial charge < -0.3 is 15.2 Å². The van der Waals surface area contributed by atoms with Crippen LogP contribution in [-0.2, 0) is 11.3 Å². The van der Waals surface area contributed by atoms with Crippen LogP contribution in [0.25, 0.3) is 11.1 Å². The molecule has 0 radical (unpaired) electrons. The van der Waals surface area contributed by atoms with Gasteiger partial charge in [-0.1, -0.05) is 68.4 Å². The molecule has 0 saturated heterocycles. The average molecular weight is 299 g/mol. The number of aliphatic hydroxyl groups excluding tert-OH is 1. The van der Waals surface area contributed by atoms with Crippen molar-refractivity contribution in [2.75, 3.05) is 13.2 Å². The number of hydrogen-bond acceptors (Lipinski definition) is 3. The number of aliphatic hydroxyl groups is 1. The second kappa shape index (κ2) is 8.69. The maximum Gasteiger partial charge on any atom is 0.0897 e. The summed E-state index contributed by atoms with van der Waals surface area (Å²) in [5, 5.41) is 13.0. The lowest BCUT2D eigenvalue weighted by Crippen LogP contribution is -2.34. The van der Waals surface area contributed by atoms with Gasteiger partial charge >= 0.3 is 0 Å². The Morgan fingerprint density at radius 3 is 2.23 bits per heavy atom. The van der Waals surface area contributed by atoms with Crippen molar-refractivity contribution in [3.05, 3.63) is 60.2 Å². The summed E-state index contributed by atoms with van der Waals surface area (Å²) in [4.78, 5) is 0. The Morgan fingerprint density at radius 2 is 1.59 bits per heavy atom. The predicted molar refractivity (Wildman–Crippen MR) is 90.7 cm³/mol. The molecule has 118 valence electrons. The predicted octanol–water partition coefficient (Wildman–Crippen LogP) is 3.23. The fraction of sp³-hybridized carbons (Fsp3) is 0.368. The molecule has 0 amide bonds. The van der Waals surface area contributed by atoms with Crippen LogP contribution in [0.15, 0.2) is 54.6 Å². The van der Waals surface area contributed by atoms with Crippen molar-refractivity contribution in [2.45, 2.75) is 32.6 Å². The fourth-order valence-corrected chi connectivity index (χ4v) is 2.17. The number of benzene rings is 2. The van der Waals surface area contributed by atoms with Gasteiger partial charge in [0.05, 0.1) is 19.3 Å². The summed E-state index contributed by atoms with van der Waals surface area (Å²) in [6.45, 7) is 5.54. The van der Waals surface area contributed by atoms with Crippen LogP contribution in [0.5, 0.6) is 0 Å². The van der Waals surface area contributed by atoms with Gasteiger partial charge in [-0.05, 0) is 16.7 Å². The average Bonchev–Trinajstić information content (AvgIpc) is 2.54. The van der Waals surface area contributed by atoms with Crippen LogP contribution in [-0.4, -0.2) is 30.4 Å². The highest BCUT2D eigenvalue weighted by Gasteiger charge is 2.05. The van der Waals surface area contributed by atoms with Crippen LogP contribution in [0.2, 0.25) is 0 Å². The first-order valence-electron chi connectivity index (χ1n) is 7.78. The van der Waals surface area contributed by atoms with Gasteiger partial charge in [-0.3, -0.25) is 0 Å². The molecule has 2 N–H and O–H groups in total. The van der Waals surface area contributed by atoms with Crippen LogP contribution < -0.4 is 5.32 Å². The minimum absolute atomic E-state index is 0.347. The third-order valence-corrected chi connectivity index (χ3v) is 3.40. The normalized spacial score (nSPS) is 12.5. The Balaban J connectivity index is 1.77. The molecule has 0 bridgehead atoms. The lowest BCUT2D eigenvalue weighted by Gasteiger charge is -2.14. The number of nitrogens with one attached hydrogen (secondary N) is 1. The summed E-state index contributed by atoms with van der Waals surface area (Å²) < 4.78 is 5.57. The zero-order chi connectivity index (χ0) is 15.8. The van der Waals surface area contributed by atoms with E-state index in [2.05, 4.69) is 55.6 Å². The Hall–Kier alpha value is -1.68. The molecule has 0 aliphatic rings. The van der Waals surface area contributed by atoms with E-state index in [1.54, 1.807) is 0 Å². The van der Waals surface area contributed by atoms with Gasteiger partial charge in [0, 0.05) is 12.6 Å². The minimum Gasteiger partial charge on any atom is -0.389 e. The van der Waals surface area contributed by atoms with Gasteiger partial charge in [-0.15, -0.1) is 0 Å². The Morgan fingerprint density at radius 1 is 0.955 bits per heavy atom. The molecule has 2 aromatic rings. The van der Waals surface area contributed by atoms with Gasteiger partial charge in [0.1, 0.15) is 0 Å². The van der Waals surface area contributed by atoms with Crippen LogP contribution in [0.4, 0.5) is 0 Å². The van der Waals surface area contributed by atoms with Crippen molar-refractivity contribution >= 4 is 0 Å². The summed E-state index contributed by atoms with van der Waals surface area (Å²) in [7, 11) is 0. The van der Waals surface area contributed by atoms with Crippen LogP contribution >= 0.6 is 0 Å². The van der Waals surface area contributed by atoms with E-state index < -0.39 is 6.10 Å². The van der Waals surface area contributed by atoms with Gasteiger partial charge in [-0.25, -0.2) is 0 Å². The smallest absolute Gasteiger partial charge is 0.0897 e. The zero-order valence-corrected chi connectivity index (χ0v) is 13.3. The van der Waals surface area contributed by atoms with Crippen LogP contribution in [0, 0.1) is 0 Å². The zero-order valence-electron chi connectivity index (χ0n) is 13.3. The molecule has 0 fully saturated rings. The Kier molecular flexibility index (Phi) is 6.59. The van der Waals surface area contributed by atoms with E-state index in [4.69, 9.17) is 4.74 Å². The molecule has 0 aliphatic carbocycles. The topological polar surface area (TPSA) is 41.5 Å². The summed E-state index contributed by atoms with van der Waals surface area (Å²) >= 11 is 0. The second-order valence-electron chi connectivity index (χ2n) is 5.79. The highest BCUT2D eigenvalue weighted by atomic mass is 16.5.